The van der Waals surface area contributed by atoms with Crippen LogP contribution in [0.25, 0.3) is 0 Å². The van der Waals surface area contributed by atoms with Crippen molar-refractivity contribution in [2.24, 2.45) is 5.73 Å². The lowest BCUT2D eigenvalue weighted by atomic mass is 10.0. The first-order valence-corrected chi connectivity index (χ1v) is 4.90. The predicted octanol–water partition coefficient (Wildman–Crippen LogP) is 0.565. The highest BCUT2D eigenvalue weighted by Gasteiger charge is 2.25. The number of esters is 1. The van der Waals surface area contributed by atoms with E-state index in [-0.39, 0.29) is 5.82 Å². The highest BCUT2D eigenvalue weighted by Crippen LogP contribution is 2.16. The summed E-state index contributed by atoms with van der Waals surface area (Å²) in [6, 6.07) is 0. The second kappa shape index (κ2) is 4.39. The highest BCUT2D eigenvalue weighted by atomic mass is 16.5. The number of nitrogens with zero attached hydrogens (tertiary/aromatic N) is 2. The van der Waals surface area contributed by atoms with E-state index in [1.165, 1.54) is 0 Å². The summed E-state index contributed by atoms with van der Waals surface area (Å²) < 4.78 is 4.76. The Morgan fingerprint density at radius 3 is 2.80 bits per heavy atom. The average Bonchev–Trinajstić information content (AvgIpc) is 2.67. The molecule has 3 N–H and O–H groups in total. The van der Waals surface area contributed by atoms with Gasteiger partial charge in [-0.3, -0.25) is 5.10 Å². The molecular weight excluding hydrogens is 196 g/mol. The molecule has 0 aliphatic rings. The summed E-state index contributed by atoms with van der Waals surface area (Å²) in [5, 5.41) is 6.41. The van der Waals surface area contributed by atoms with E-state index in [4.69, 9.17) is 10.5 Å². The Labute approximate surface area is 88.2 Å². The summed E-state index contributed by atoms with van der Waals surface area (Å²) in [6.45, 7) is 5.79. The molecule has 0 saturated carbocycles. The molecule has 6 heteroatoms. The van der Waals surface area contributed by atoms with Crippen LogP contribution in [0.3, 0.4) is 0 Å². The van der Waals surface area contributed by atoms with Crippen molar-refractivity contribution in [1.29, 1.82) is 0 Å². The molecule has 1 unspecified atom stereocenters. The van der Waals surface area contributed by atoms with Crippen LogP contribution < -0.4 is 5.73 Å². The van der Waals surface area contributed by atoms with Gasteiger partial charge in [0.05, 0.1) is 12.1 Å². The minimum Gasteiger partial charge on any atom is -0.460 e. The molecule has 0 radical (unpaired) electrons. The average molecular weight is 212 g/mol. The second-order valence-corrected chi connectivity index (χ2v) is 3.50. The fraction of sp³-hybridized carbons (Fsp3) is 0.667. The van der Waals surface area contributed by atoms with Crippen LogP contribution >= 0.6 is 0 Å². The van der Waals surface area contributed by atoms with E-state index in [9.17, 15) is 4.79 Å². The Morgan fingerprint density at radius 1 is 1.60 bits per heavy atom. The molecule has 1 aromatic rings. The summed E-state index contributed by atoms with van der Waals surface area (Å²) in [7, 11) is 0. The van der Waals surface area contributed by atoms with Gasteiger partial charge in [0.2, 0.25) is 0 Å². The van der Waals surface area contributed by atoms with Crippen molar-refractivity contribution in [3.05, 3.63) is 11.6 Å². The summed E-state index contributed by atoms with van der Waals surface area (Å²) in [6.07, 6.45) is 0.699. The third kappa shape index (κ3) is 2.53. The van der Waals surface area contributed by atoms with E-state index >= 15 is 0 Å². The zero-order valence-corrected chi connectivity index (χ0v) is 9.20. The lowest BCUT2D eigenvalue weighted by molar-refractivity contribution is 0.0512. The van der Waals surface area contributed by atoms with Gasteiger partial charge in [-0.1, -0.05) is 6.92 Å². The summed E-state index contributed by atoms with van der Waals surface area (Å²) >= 11 is 0. The monoisotopic (exact) mass is 212 g/mol. The number of aromatic amines is 1. The second-order valence-electron chi connectivity index (χ2n) is 3.50. The van der Waals surface area contributed by atoms with Crippen LogP contribution in [-0.2, 0) is 10.3 Å². The number of aromatic nitrogens is 3. The molecule has 0 aromatic carbocycles. The zero-order chi connectivity index (χ0) is 11.5. The molecule has 1 rings (SSSR count). The number of ether oxygens (including phenoxy) is 1. The van der Waals surface area contributed by atoms with Gasteiger partial charge in [-0.05, 0) is 20.3 Å². The van der Waals surface area contributed by atoms with E-state index in [1.807, 2.05) is 13.8 Å². The van der Waals surface area contributed by atoms with E-state index in [1.54, 1.807) is 6.92 Å². The number of nitrogens with two attached hydrogens (primary N) is 1. The first kappa shape index (κ1) is 11.6. The van der Waals surface area contributed by atoms with Crippen molar-refractivity contribution in [2.75, 3.05) is 6.61 Å². The van der Waals surface area contributed by atoms with Gasteiger partial charge in [0.15, 0.2) is 0 Å². The number of carbonyl (C=O) groups excluding carboxylic acids is 1. The van der Waals surface area contributed by atoms with Gasteiger partial charge in [0.1, 0.15) is 5.82 Å². The Morgan fingerprint density at radius 2 is 2.27 bits per heavy atom. The SMILES string of the molecule is CCOC(=O)c1n[nH]c(C(C)(N)CC)n1. The Balaban J connectivity index is 2.85. The first-order chi connectivity index (χ1) is 7.01. The van der Waals surface area contributed by atoms with Gasteiger partial charge in [-0.15, -0.1) is 5.10 Å². The molecule has 15 heavy (non-hydrogen) atoms. The van der Waals surface area contributed by atoms with E-state index in [0.29, 0.717) is 18.9 Å². The molecule has 0 aliphatic carbocycles. The molecule has 0 amide bonds. The van der Waals surface area contributed by atoms with Crippen LogP contribution in [0, 0.1) is 0 Å². The maximum Gasteiger partial charge on any atom is 0.378 e. The topological polar surface area (TPSA) is 93.9 Å². The van der Waals surface area contributed by atoms with Crippen LogP contribution in [0.5, 0.6) is 0 Å². The van der Waals surface area contributed by atoms with E-state index < -0.39 is 11.5 Å². The normalized spacial score (nSPS) is 14.7. The quantitative estimate of drug-likeness (QED) is 0.711. The molecule has 1 heterocycles. The molecule has 1 aromatic heterocycles. The number of nitrogens with one attached hydrogen (secondary N) is 1. The van der Waals surface area contributed by atoms with E-state index in [0.717, 1.165) is 0 Å². The molecule has 6 nitrogen and oxygen atoms in total. The number of H-pyrrole nitrogens is 1. The summed E-state index contributed by atoms with van der Waals surface area (Å²) in [5.41, 5.74) is 5.34. The minimum absolute atomic E-state index is 0.0250. The van der Waals surface area contributed by atoms with Crippen molar-refractivity contribution >= 4 is 5.97 Å². The summed E-state index contributed by atoms with van der Waals surface area (Å²) in [4.78, 5) is 15.3. The van der Waals surface area contributed by atoms with E-state index in [2.05, 4.69) is 15.2 Å². The Kier molecular flexibility index (Phi) is 3.41. The minimum atomic E-state index is -0.599. The van der Waals surface area contributed by atoms with Crippen LogP contribution in [0.1, 0.15) is 43.6 Å². The number of rotatable bonds is 4. The van der Waals surface area contributed by atoms with Gasteiger partial charge < -0.3 is 10.5 Å². The first-order valence-electron chi connectivity index (χ1n) is 4.90. The van der Waals surface area contributed by atoms with Crippen LogP contribution in [-0.4, -0.2) is 27.8 Å². The van der Waals surface area contributed by atoms with Crippen molar-refractivity contribution < 1.29 is 9.53 Å². The van der Waals surface area contributed by atoms with Crippen molar-refractivity contribution in [2.45, 2.75) is 32.7 Å². The molecule has 0 spiro atoms. The maximum atomic E-state index is 11.3. The molecule has 1 atom stereocenters. The molecule has 84 valence electrons. The lowest BCUT2D eigenvalue weighted by Crippen LogP contribution is -2.33. The third-order valence-electron chi connectivity index (χ3n) is 2.22. The lowest BCUT2D eigenvalue weighted by Gasteiger charge is -2.18. The predicted molar refractivity (Wildman–Crippen MR) is 54.2 cm³/mol. The van der Waals surface area contributed by atoms with Crippen LogP contribution in [0.15, 0.2) is 0 Å². The molecule has 0 bridgehead atoms. The Hall–Kier alpha value is -1.43. The fourth-order valence-corrected chi connectivity index (χ4v) is 0.972. The van der Waals surface area contributed by atoms with Crippen LogP contribution in [0.4, 0.5) is 0 Å². The summed E-state index contributed by atoms with van der Waals surface area (Å²) in [5.74, 6) is -0.0167. The maximum absolute atomic E-state index is 11.3. The largest absolute Gasteiger partial charge is 0.460 e. The molecule has 0 saturated heterocycles. The zero-order valence-electron chi connectivity index (χ0n) is 9.20. The van der Waals surface area contributed by atoms with Gasteiger partial charge in [0, 0.05) is 0 Å². The fourth-order valence-electron chi connectivity index (χ4n) is 0.972. The smallest absolute Gasteiger partial charge is 0.378 e. The van der Waals surface area contributed by atoms with Gasteiger partial charge >= 0.3 is 5.97 Å². The van der Waals surface area contributed by atoms with Gasteiger partial charge in [0.25, 0.3) is 5.82 Å². The molecule has 0 fully saturated rings. The highest BCUT2D eigenvalue weighted by molar-refractivity contribution is 5.84. The van der Waals surface area contributed by atoms with Crippen molar-refractivity contribution in [1.82, 2.24) is 15.2 Å². The van der Waals surface area contributed by atoms with Crippen molar-refractivity contribution in [3.8, 4) is 0 Å². The number of hydrogen-bond donors (Lipinski definition) is 2. The van der Waals surface area contributed by atoms with Gasteiger partial charge in [-0.2, -0.15) is 0 Å². The number of hydrogen-bond acceptors (Lipinski definition) is 5. The van der Waals surface area contributed by atoms with Crippen LogP contribution in [0.2, 0.25) is 0 Å². The Bertz CT molecular complexity index is 346. The number of carbonyl (C=O) groups is 1. The van der Waals surface area contributed by atoms with Crippen molar-refractivity contribution in [3.63, 3.8) is 0 Å². The third-order valence-corrected chi connectivity index (χ3v) is 2.22. The molecule has 0 aliphatic heterocycles. The molecular formula is C9H16N4O2. The van der Waals surface area contributed by atoms with Gasteiger partial charge in [-0.25, -0.2) is 9.78 Å². The standard InChI is InChI=1S/C9H16N4O2/c1-4-9(3,10)8-11-6(12-13-8)7(14)15-5-2/h4-5,10H2,1-3H3,(H,11,12,13).